The summed E-state index contributed by atoms with van der Waals surface area (Å²) in [7, 11) is 0. The predicted octanol–water partition coefficient (Wildman–Crippen LogP) is 2.63. The number of aromatic nitrogens is 2. The van der Waals surface area contributed by atoms with Gasteiger partial charge < -0.3 is 4.74 Å². The summed E-state index contributed by atoms with van der Waals surface area (Å²) in [6.45, 7) is -1.47. The Morgan fingerprint density at radius 3 is 2.71 bits per heavy atom. The smallest absolute Gasteiger partial charge is 0.408 e. The number of benzene rings is 1. The lowest BCUT2D eigenvalue weighted by molar-refractivity contribution is -0.142. The average molecular weight is 361 g/mol. The number of alkyl halides is 3. The molecule has 0 saturated heterocycles. The van der Waals surface area contributed by atoms with Gasteiger partial charge >= 0.3 is 6.18 Å². The lowest BCUT2D eigenvalue weighted by Gasteiger charge is -2.05. The third-order valence-electron chi connectivity index (χ3n) is 2.57. The van der Waals surface area contributed by atoms with E-state index in [0.29, 0.717) is 10.8 Å². The number of hydrogen-bond donors (Lipinski definition) is 1. The molecule has 6 nitrogen and oxygen atoms in total. The molecule has 0 spiro atoms. The van der Waals surface area contributed by atoms with Gasteiger partial charge in [0, 0.05) is 11.2 Å². The summed E-state index contributed by atoms with van der Waals surface area (Å²) in [6.07, 6.45) is -2.05. The van der Waals surface area contributed by atoms with E-state index in [1.54, 1.807) is 24.3 Å². The highest BCUT2D eigenvalue weighted by molar-refractivity contribution is 6.30. The molecule has 128 valence electrons. The number of hydrazone groups is 1. The van der Waals surface area contributed by atoms with Crippen LogP contribution in [0.4, 0.5) is 13.2 Å². The van der Waals surface area contributed by atoms with E-state index in [-0.39, 0.29) is 12.3 Å². The molecule has 0 aliphatic rings. The van der Waals surface area contributed by atoms with E-state index in [4.69, 9.17) is 16.3 Å². The number of amides is 1. The topological polar surface area (TPSA) is 68.5 Å². The SMILES string of the molecule is O=C(COc1ccc(Cl)cc1)N/N=C/c1ccn(CC(F)(F)F)n1. The molecular weight excluding hydrogens is 349 g/mol. The lowest BCUT2D eigenvalue weighted by atomic mass is 10.3. The summed E-state index contributed by atoms with van der Waals surface area (Å²) >= 11 is 5.71. The van der Waals surface area contributed by atoms with Gasteiger partial charge in [-0.25, -0.2) is 5.43 Å². The first-order valence-corrected chi connectivity index (χ1v) is 7.00. The average Bonchev–Trinajstić information content (AvgIpc) is 2.92. The van der Waals surface area contributed by atoms with Gasteiger partial charge in [0.05, 0.1) is 6.21 Å². The Morgan fingerprint density at radius 1 is 1.33 bits per heavy atom. The summed E-state index contributed by atoms with van der Waals surface area (Å²) in [5.41, 5.74) is 2.36. The molecule has 1 aromatic carbocycles. The minimum Gasteiger partial charge on any atom is -0.484 e. The molecule has 0 radical (unpaired) electrons. The molecule has 1 amide bonds. The maximum Gasteiger partial charge on any atom is 0.408 e. The largest absolute Gasteiger partial charge is 0.484 e. The Labute approximate surface area is 139 Å². The molecule has 2 rings (SSSR count). The minimum absolute atomic E-state index is 0.179. The molecule has 0 saturated carbocycles. The van der Waals surface area contributed by atoms with E-state index in [9.17, 15) is 18.0 Å². The van der Waals surface area contributed by atoms with Crippen LogP contribution in [0.1, 0.15) is 5.69 Å². The summed E-state index contributed by atoms with van der Waals surface area (Å²) < 4.78 is 42.5. The van der Waals surface area contributed by atoms with E-state index in [0.717, 1.165) is 10.9 Å². The first-order valence-electron chi connectivity index (χ1n) is 6.62. The Balaban J connectivity index is 1.77. The van der Waals surface area contributed by atoms with E-state index < -0.39 is 18.6 Å². The van der Waals surface area contributed by atoms with Crippen molar-refractivity contribution in [1.29, 1.82) is 0 Å². The van der Waals surface area contributed by atoms with E-state index in [2.05, 4.69) is 15.6 Å². The van der Waals surface area contributed by atoms with Gasteiger partial charge in [-0.2, -0.15) is 23.4 Å². The number of nitrogens with zero attached hydrogens (tertiary/aromatic N) is 3. The fraction of sp³-hybridized carbons (Fsp3) is 0.214. The van der Waals surface area contributed by atoms with E-state index in [1.807, 2.05) is 0 Å². The van der Waals surface area contributed by atoms with Crippen molar-refractivity contribution >= 4 is 23.7 Å². The molecule has 24 heavy (non-hydrogen) atoms. The fourth-order valence-corrected chi connectivity index (χ4v) is 1.73. The first-order chi connectivity index (χ1) is 11.3. The minimum atomic E-state index is -4.35. The highest BCUT2D eigenvalue weighted by Gasteiger charge is 2.28. The second-order valence-corrected chi connectivity index (χ2v) is 5.03. The van der Waals surface area contributed by atoms with Gasteiger partial charge in [-0.1, -0.05) is 11.6 Å². The highest BCUT2D eigenvalue weighted by Crippen LogP contribution is 2.17. The molecule has 1 N–H and O–H groups in total. The number of carbonyl (C=O) groups excluding carboxylic acids is 1. The molecule has 0 aliphatic heterocycles. The zero-order valence-electron chi connectivity index (χ0n) is 12.1. The van der Waals surface area contributed by atoms with Gasteiger partial charge in [-0.15, -0.1) is 0 Å². The zero-order chi connectivity index (χ0) is 17.6. The normalized spacial score (nSPS) is 11.7. The Morgan fingerprint density at radius 2 is 2.04 bits per heavy atom. The van der Waals surface area contributed by atoms with Crippen LogP contribution in [0.15, 0.2) is 41.6 Å². The lowest BCUT2D eigenvalue weighted by Crippen LogP contribution is -2.24. The Kier molecular flexibility index (Phi) is 5.80. The number of halogens is 4. The summed E-state index contributed by atoms with van der Waals surface area (Å²) in [4.78, 5) is 11.5. The highest BCUT2D eigenvalue weighted by atomic mass is 35.5. The third-order valence-corrected chi connectivity index (χ3v) is 2.82. The standard InChI is InChI=1S/C14H12ClF3N4O2/c15-10-1-3-12(4-2-10)24-8-13(23)20-19-7-11-5-6-22(21-11)9-14(16,17)18/h1-7H,8-9H2,(H,20,23)/b19-7+. The van der Waals surface area contributed by atoms with Crippen molar-refractivity contribution in [2.45, 2.75) is 12.7 Å². The van der Waals surface area contributed by atoms with Gasteiger partial charge in [-0.05, 0) is 30.3 Å². The van der Waals surface area contributed by atoms with Crippen molar-refractivity contribution in [3.05, 3.63) is 47.2 Å². The Bertz CT molecular complexity index is 714. The monoisotopic (exact) mass is 360 g/mol. The molecule has 1 aromatic heterocycles. The molecule has 0 unspecified atom stereocenters. The van der Waals surface area contributed by atoms with Gasteiger partial charge in [0.15, 0.2) is 6.61 Å². The van der Waals surface area contributed by atoms with Crippen molar-refractivity contribution in [3.8, 4) is 5.75 Å². The van der Waals surface area contributed by atoms with E-state index >= 15 is 0 Å². The van der Waals surface area contributed by atoms with E-state index in [1.165, 1.54) is 12.3 Å². The summed E-state index contributed by atoms with van der Waals surface area (Å²) in [5, 5.41) is 7.78. The van der Waals surface area contributed by atoms with Crippen molar-refractivity contribution < 1.29 is 22.7 Å². The van der Waals surface area contributed by atoms with Crippen molar-refractivity contribution in [1.82, 2.24) is 15.2 Å². The maximum absolute atomic E-state index is 12.2. The first kappa shape index (κ1) is 17.8. The van der Waals surface area contributed by atoms with Crippen molar-refractivity contribution in [3.63, 3.8) is 0 Å². The van der Waals surface area contributed by atoms with Gasteiger partial charge in [0.25, 0.3) is 5.91 Å². The molecule has 2 aromatic rings. The second kappa shape index (κ2) is 7.82. The van der Waals surface area contributed by atoms with Gasteiger partial charge in [-0.3, -0.25) is 9.48 Å². The van der Waals surface area contributed by atoms with Crippen LogP contribution in [0, 0.1) is 0 Å². The Hall–Kier alpha value is -2.55. The molecule has 1 heterocycles. The van der Waals surface area contributed by atoms with Crippen molar-refractivity contribution in [2.75, 3.05) is 6.61 Å². The molecule has 0 bridgehead atoms. The van der Waals surface area contributed by atoms with Crippen LogP contribution < -0.4 is 10.2 Å². The molecule has 0 fully saturated rings. The van der Waals surface area contributed by atoms with Crippen LogP contribution in [-0.2, 0) is 11.3 Å². The zero-order valence-corrected chi connectivity index (χ0v) is 12.9. The summed E-state index contributed by atoms with van der Waals surface area (Å²) in [5.74, 6) is -0.0691. The van der Waals surface area contributed by atoms with Crippen LogP contribution in [0.25, 0.3) is 0 Å². The number of hydrogen-bond acceptors (Lipinski definition) is 4. The van der Waals surface area contributed by atoms with Gasteiger partial charge in [0.1, 0.15) is 18.0 Å². The van der Waals surface area contributed by atoms with Crippen LogP contribution in [0.3, 0.4) is 0 Å². The number of rotatable bonds is 6. The quantitative estimate of drug-likeness (QED) is 0.636. The van der Waals surface area contributed by atoms with Gasteiger partial charge in [0.2, 0.25) is 0 Å². The second-order valence-electron chi connectivity index (χ2n) is 4.59. The third kappa shape index (κ3) is 6.29. The molecule has 0 atom stereocenters. The van der Waals surface area contributed by atoms with Crippen LogP contribution >= 0.6 is 11.6 Å². The summed E-state index contributed by atoms with van der Waals surface area (Å²) in [6, 6.07) is 7.78. The van der Waals surface area contributed by atoms with Crippen LogP contribution in [-0.4, -0.2) is 34.7 Å². The molecule has 10 heteroatoms. The molecular formula is C14H12ClF3N4O2. The predicted molar refractivity (Wildman–Crippen MR) is 81.0 cm³/mol. The number of nitrogens with one attached hydrogen (secondary N) is 1. The number of ether oxygens (including phenoxy) is 1. The maximum atomic E-state index is 12.2. The number of carbonyl (C=O) groups is 1. The van der Waals surface area contributed by atoms with Crippen LogP contribution in [0.5, 0.6) is 5.75 Å². The van der Waals surface area contributed by atoms with Crippen molar-refractivity contribution in [2.24, 2.45) is 5.10 Å². The fourth-order valence-electron chi connectivity index (χ4n) is 1.60. The van der Waals surface area contributed by atoms with Crippen LogP contribution in [0.2, 0.25) is 5.02 Å². The molecule has 0 aliphatic carbocycles.